The number of Topliss-reactive ketones (excluding diaryl/α,β-unsaturated/α-hetero) is 1. The summed E-state index contributed by atoms with van der Waals surface area (Å²) in [6.07, 6.45) is -0.513. The largest absolute Gasteiger partial charge is 0.389 e. The Bertz CT molecular complexity index is 842. The number of alkyl halides is 1. The highest BCUT2D eigenvalue weighted by atomic mass is 35.5. The fourth-order valence-electron chi connectivity index (χ4n) is 2.15. The average molecular weight is 437 g/mol. The van der Waals surface area contributed by atoms with Gasteiger partial charge in [-0.2, -0.15) is 0 Å². The van der Waals surface area contributed by atoms with E-state index < -0.39 is 6.10 Å². The van der Waals surface area contributed by atoms with Crippen LogP contribution >= 0.6 is 11.6 Å². The van der Waals surface area contributed by atoms with E-state index in [2.05, 4.69) is 0 Å². The Labute approximate surface area is 180 Å². The van der Waals surface area contributed by atoms with E-state index in [9.17, 15) is 18.0 Å². The number of benzene rings is 3. The number of hydrogen-bond donors (Lipinski definition) is 1. The molecular weight excluding hydrogens is 413 g/mol. The summed E-state index contributed by atoms with van der Waals surface area (Å²) in [5.74, 6) is -0.851. The number of carbonyl (C=O) groups excluding carboxylic acids is 1. The molecule has 0 aliphatic carbocycles. The molecular formula is C24H24ClF3O2. The maximum atomic E-state index is 12.3. The molecule has 1 N–H and O–H groups in total. The normalized spacial score (nSPS) is 11.9. The number of halogens is 4. The van der Waals surface area contributed by atoms with Gasteiger partial charge in [0.1, 0.15) is 17.5 Å². The quantitative estimate of drug-likeness (QED) is 0.353. The second-order valence-electron chi connectivity index (χ2n) is 6.46. The van der Waals surface area contributed by atoms with Gasteiger partial charge in [-0.15, -0.1) is 11.6 Å². The second kappa shape index (κ2) is 12.8. The summed E-state index contributed by atoms with van der Waals surface area (Å²) < 4.78 is 36.8. The summed E-state index contributed by atoms with van der Waals surface area (Å²) in [6, 6.07) is 17.5. The van der Waals surface area contributed by atoms with E-state index in [1.54, 1.807) is 31.2 Å². The Morgan fingerprint density at radius 1 is 0.733 bits per heavy atom. The van der Waals surface area contributed by atoms with E-state index in [1.165, 1.54) is 55.5 Å². The van der Waals surface area contributed by atoms with Gasteiger partial charge in [-0.3, -0.25) is 4.79 Å². The molecule has 0 aliphatic heterocycles. The van der Waals surface area contributed by atoms with E-state index in [0.717, 1.165) is 11.1 Å². The summed E-state index contributed by atoms with van der Waals surface area (Å²) in [7, 11) is 0. The average Bonchev–Trinajstić information content (AvgIpc) is 2.70. The van der Waals surface area contributed by atoms with Crippen LogP contribution in [0.5, 0.6) is 0 Å². The molecule has 0 saturated heterocycles. The molecule has 0 spiro atoms. The maximum absolute atomic E-state index is 12.3. The first-order chi connectivity index (χ1) is 14.1. The molecule has 0 heterocycles. The van der Waals surface area contributed by atoms with Gasteiger partial charge in [-0.25, -0.2) is 13.2 Å². The number of aliphatic hydroxyl groups excluding tert-OH is 1. The minimum absolute atomic E-state index is 0.0411. The Balaban J connectivity index is 0.000000225. The predicted molar refractivity (Wildman–Crippen MR) is 114 cm³/mol. The van der Waals surface area contributed by atoms with Crippen molar-refractivity contribution in [2.75, 3.05) is 0 Å². The van der Waals surface area contributed by atoms with Gasteiger partial charge >= 0.3 is 0 Å². The van der Waals surface area contributed by atoms with Gasteiger partial charge in [0.2, 0.25) is 0 Å². The molecule has 0 saturated carbocycles. The molecule has 0 aromatic heterocycles. The van der Waals surface area contributed by atoms with Crippen molar-refractivity contribution < 1.29 is 23.1 Å². The molecule has 3 rings (SSSR count). The van der Waals surface area contributed by atoms with Gasteiger partial charge in [-0.05, 0) is 80.4 Å². The molecule has 3 aromatic rings. The molecule has 3 aromatic carbocycles. The van der Waals surface area contributed by atoms with Crippen LogP contribution in [-0.2, 0) is 0 Å². The van der Waals surface area contributed by atoms with Crippen LogP contribution in [0.4, 0.5) is 13.2 Å². The lowest BCUT2D eigenvalue weighted by atomic mass is 10.1. The van der Waals surface area contributed by atoms with Crippen LogP contribution in [-0.4, -0.2) is 10.9 Å². The van der Waals surface area contributed by atoms with E-state index in [4.69, 9.17) is 16.7 Å². The molecule has 0 amide bonds. The third-order valence-electron chi connectivity index (χ3n) is 3.93. The Morgan fingerprint density at radius 3 is 1.37 bits per heavy atom. The smallest absolute Gasteiger partial charge is 0.159 e. The van der Waals surface area contributed by atoms with E-state index in [0.29, 0.717) is 5.56 Å². The number of carbonyl (C=O) groups is 1. The highest BCUT2D eigenvalue weighted by Crippen LogP contribution is 2.18. The third-order valence-corrected chi connectivity index (χ3v) is 4.18. The van der Waals surface area contributed by atoms with E-state index in [-0.39, 0.29) is 28.6 Å². The van der Waals surface area contributed by atoms with Crippen molar-refractivity contribution in [2.45, 2.75) is 32.3 Å². The van der Waals surface area contributed by atoms with Crippen LogP contribution in [0.15, 0.2) is 72.8 Å². The van der Waals surface area contributed by atoms with Crippen LogP contribution in [0.1, 0.15) is 53.7 Å². The minimum Gasteiger partial charge on any atom is -0.389 e. The SMILES string of the molecule is CC(=O)c1ccc(F)cc1.CC(Cl)c1ccc(F)cc1.CC(O)c1ccc(F)cc1. The van der Waals surface area contributed by atoms with Gasteiger partial charge in [0.15, 0.2) is 5.78 Å². The molecule has 6 heteroatoms. The van der Waals surface area contributed by atoms with Crippen molar-refractivity contribution in [1.29, 1.82) is 0 Å². The number of ketones is 1. The first-order valence-corrected chi connectivity index (χ1v) is 9.63. The molecule has 30 heavy (non-hydrogen) atoms. The first kappa shape index (κ1) is 25.4. The zero-order chi connectivity index (χ0) is 22.7. The van der Waals surface area contributed by atoms with Crippen LogP contribution in [0.25, 0.3) is 0 Å². The molecule has 0 aliphatic rings. The van der Waals surface area contributed by atoms with E-state index >= 15 is 0 Å². The molecule has 2 unspecified atom stereocenters. The Hall–Kier alpha value is -2.63. The fourth-order valence-corrected chi connectivity index (χ4v) is 2.30. The van der Waals surface area contributed by atoms with Gasteiger partial charge in [0.05, 0.1) is 11.5 Å². The van der Waals surface area contributed by atoms with Crippen molar-refractivity contribution in [3.63, 3.8) is 0 Å². The van der Waals surface area contributed by atoms with Gasteiger partial charge in [0.25, 0.3) is 0 Å². The number of aliphatic hydroxyl groups is 1. The van der Waals surface area contributed by atoms with Crippen LogP contribution in [0, 0.1) is 17.5 Å². The lowest BCUT2D eigenvalue weighted by molar-refractivity contribution is 0.101. The Morgan fingerprint density at radius 2 is 1.07 bits per heavy atom. The standard InChI is InChI=1S/C8H8ClF.C8H9FO.C8H7FO/c1-6(9)7-2-4-8(10)5-3-7;2*1-6(10)7-2-4-8(9)5-3-7/h2-6H,1H3;2-6,10H,1H3;2-5H,1H3. The van der Waals surface area contributed by atoms with E-state index in [1.807, 2.05) is 6.92 Å². The Kier molecular flexibility index (Phi) is 10.9. The topological polar surface area (TPSA) is 37.3 Å². The minimum atomic E-state index is -0.513. The zero-order valence-electron chi connectivity index (χ0n) is 17.0. The number of hydrogen-bond acceptors (Lipinski definition) is 2. The molecule has 0 radical (unpaired) electrons. The summed E-state index contributed by atoms with van der Waals surface area (Å²) in [5, 5.41) is 8.95. The van der Waals surface area contributed by atoms with Crippen molar-refractivity contribution in [3.05, 3.63) is 107 Å². The predicted octanol–water partition coefficient (Wildman–Crippen LogP) is 7.03. The zero-order valence-corrected chi connectivity index (χ0v) is 17.7. The fraction of sp³-hybridized carbons (Fsp3) is 0.208. The van der Waals surface area contributed by atoms with Gasteiger partial charge in [0, 0.05) is 5.56 Å². The summed E-state index contributed by atoms with van der Waals surface area (Å²) >= 11 is 5.73. The van der Waals surface area contributed by atoms with Crippen molar-refractivity contribution >= 4 is 17.4 Å². The molecule has 2 nitrogen and oxygen atoms in total. The van der Waals surface area contributed by atoms with Crippen molar-refractivity contribution in [1.82, 2.24) is 0 Å². The highest BCUT2D eigenvalue weighted by molar-refractivity contribution is 6.20. The molecule has 160 valence electrons. The number of rotatable bonds is 3. The maximum Gasteiger partial charge on any atom is 0.159 e. The van der Waals surface area contributed by atoms with Crippen LogP contribution in [0.2, 0.25) is 0 Å². The highest BCUT2D eigenvalue weighted by Gasteiger charge is 1.99. The van der Waals surface area contributed by atoms with Crippen molar-refractivity contribution in [3.8, 4) is 0 Å². The van der Waals surface area contributed by atoms with Crippen LogP contribution < -0.4 is 0 Å². The van der Waals surface area contributed by atoms with Crippen molar-refractivity contribution in [2.24, 2.45) is 0 Å². The molecule has 2 atom stereocenters. The molecule has 0 bridgehead atoms. The third kappa shape index (κ3) is 9.72. The van der Waals surface area contributed by atoms with Crippen LogP contribution in [0.3, 0.4) is 0 Å². The van der Waals surface area contributed by atoms with Gasteiger partial charge in [-0.1, -0.05) is 24.3 Å². The summed E-state index contributed by atoms with van der Waals surface area (Å²) in [6.45, 7) is 4.95. The lowest BCUT2D eigenvalue weighted by Crippen LogP contribution is -1.90. The first-order valence-electron chi connectivity index (χ1n) is 9.19. The summed E-state index contributed by atoms with van der Waals surface area (Å²) in [4.78, 5) is 10.6. The molecule has 0 fully saturated rings. The summed E-state index contributed by atoms with van der Waals surface area (Å²) in [5.41, 5.74) is 2.23. The van der Waals surface area contributed by atoms with Gasteiger partial charge < -0.3 is 5.11 Å². The second-order valence-corrected chi connectivity index (χ2v) is 7.11. The lowest BCUT2D eigenvalue weighted by Gasteiger charge is -2.01. The monoisotopic (exact) mass is 436 g/mol.